The van der Waals surface area contributed by atoms with Crippen LogP contribution in [0.3, 0.4) is 0 Å². The zero-order chi connectivity index (χ0) is 30.3. The summed E-state index contributed by atoms with van der Waals surface area (Å²) in [5.74, 6) is -2.45. The summed E-state index contributed by atoms with van der Waals surface area (Å²) in [4.78, 5) is 11.6. The molecule has 0 saturated carbocycles. The molecule has 0 bridgehead atoms. The van der Waals surface area contributed by atoms with Crippen LogP contribution in [0.1, 0.15) is 26.3 Å². The van der Waals surface area contributed by atoms with Gasteiger partial charge in [0.15, 0.2) is 17.3 Å². The largest absolute Gasteiger partial charge is 0.363 e. The number of nitrogens with zero attached hydrogens (tertiary/aromatic N) is 4. The first-order chi connectivity index (χ1) is 19.1. The van der Waals surface area contributed by atoms with E-state index in [9.17, 15) is 21.2 Å². The minimum atomic E-state index is -4.22. The number of hydrogen-bond acceptors (Lipinski definition) is 7. The molecule has 0 unspecified atom stereocenters. The van der Waals surface area contributed by atoms with Gasteiger partial charge in [0, 0.05) is 23.2 Å². The van der Waals surface area contributed by atoms with Crippen LogP contribution in [0, 0.1) is 30.5 Å². The van der Waals surface area contributed by atoms with Gasteiger partial charge in [0.05, 0.1) is 29.1 Å². The molecular weight excluding hydrogens is 574 g/mol. The highest BCUT2D eigenvalue weighted by molar-refractivity contribution is 7.90. The predicted octanol–water partition coefficient (Wildman–Crippen LogP) is 4.85. The van der Waals surface area contributed by atoms with Crippen molar-refractivity contribution >= 4 is 42.6 Å². The highest BCUT2D eigenvalue weighted by Crippen LogP contribution is 2.38. The maximum Gasteiger partial charge on any atom is 0.269 e. The van der Waals surface area contributed by atoms with E-state index in [-0.39, 0.29) is 38.7 Å². The molecule has 0 saturated heterocycles. The van der Waals surface area contributed by atoms with E-state index in [0.717, 1.165) is 34.1 Å². The number of hydrogen-bond donors (Lipinski definition) is 2. The van der Waals surface area contributed by atoms with Crippen molar-refractivity contribution in [2.45, 2.75) is 38.6 Å². The first-order valence-electron chi connectivity index (χ1n) is 12.3. The maximum absolute atomic E-state index is 15.2. The summed E-state index contributed by atoms with van der Waals surface area (Å²) < 4.78 is 84.5. The molecule has 4 aromatic rings. The van der Waals surface area contributed by atoms with Crippen molar-refractivity contribution in [3.05, 3.63) is 77.4 Å². The monoisotopic (exact) mass is 602 g/mol. The normalized spacial score (nSPS) is 13.2. The average molecular weight is 603 g/mol. The standard InChI is InChI=1S/C27H28F2N6O4S2/c1-16-7-9-18(10-8-16)41(38,39)35-14-20(19-11-17(28)13-32-26(19)35)24-22(30-5)12-21(29)25(34-24)33-23(27(2,3)4)15-40(36,37)31-6/h7-14,23,31H,15H2,1-4,6H3,(H,33,34)/t23-/m1/s1. The van der Waals surface area contributed by atoms with Gasteiger partial charge in [0.25, 0.3) is 10.0 Å². The third-order valence-corrected chi connectivity index (χ3v) is 9.60. The topological polar surface area (TPSA) is 127 Å². The molecule has 0 aliphatic carbocycles. The van der Waals surface area contributed by atoms with Crippen molar-refractivity contribution in [1.29, 1.82) is 0 Å². The molecular formula is C27H28F2N6O4S2. The fourth-order valence-electron chi connectivity index (χ4n) is 4.09. The number of benzene rings is 1. The number of aromatic nitrogens is 3. The number of sulfonamides is 1. The Hall–Kier alpha value is -3.93. The van der Waals surface area contributed by atoms with Gasteiger partial charge in [-0.05, 0) is 43.7 Å². The second-order valence-electron chi connectivity index (χ2n) is 10.5. The number of anilines is 1. The van der Waals surface area contributed by atoms with Crippen LogP contribution in [0.25, 0.3) is 27.1 Å². The van der Waals surface area contributed by atoms with Gasteiger partial charge < -0.3 is 5.32 Å². The number of pyridine rings is 2. The van der Waals surface area contributed by atoms with E-state index in [2.05, 4.69) is 24.9 Å². The molecule has 3 heterocycles. The van der Waals surface area contributed by atoms with Gasteiger partial charge in [-0.1, -0.05) is 38.5 Å². The van der Waals surface area contributed by atoms with Crippen molar-refractivity contribution in [2.24, 2.45) is 5.41 Å². The molecule has 1 aromatic carbocycles. The minimum absolute atomic E-state index is 0.0203. The Bertz CT molecular complexity index is 1890. The number of nitrogens with one attached hydrogen (secondary N) is 2. The van der Waals surface area contributed by atoms with Crippen molar-refractivity contribution < 1.29 is 25.6 Å². The van der Waals surface area contributed by atoms with Crippen LogP contribution < -0.4 is 10.0 Å². The van der Waals surface area contributed by atoms with E-state index in [1.165, 1.54) is 19.2 Å². The third kappa shape index (κ3) is 6.07. The van der Waals surface area contributed by atoms with Gasteiger partial charge in [0.2, 0.25) is 15.7 Å². The molecule has 216 valence electrons. The molecule has 0 fully saturated rings. The number of rotatable bonds is 8. The van der Waals surface area contributed by atoms with E-state index in [4.69, 9.17) is 6.57 Å². The molecule has 2 N–H and O–H groups in total. The summed E-state index contributed by atoms with van der Waals surface area (Å²) in [6.07, 6.45) is 2.03. The lowest BCUT2D eigenvalue weighted by atomic mass is 9.88. The summed E-state index contributed by atoms with van der Waals surface area (Å²) in [6.45, 7) is 14.7. The van der Waals surface area contributed by atoms with E-state index >= 15 is 4.39 Å². The van der Waals surface area contributed by atoms with Gasteiger partial charge in [-0.25, -0.2) is 49.1 Å². The van der Waals surface area contributed by atoms with E-state index in [0.29, 0.717) is 0 Å². The number of fused-ring (bicyclic) bond motifs is 1. The molecule has 0 aliphatic heterocycles. The Morgan fingerprint density at radius 2 is 1.76 bits per heavy atom. The van der Waals surface area contributed by atoms with Crippen LogP contribution in [0.2, 0.25) is 0 Å². The lowest BCUT2D eigenvalue weighted by Gasteiger charge is -2.31. The smallest absolute Gasteiger partial charge is 0.269 e. The van der Waals surface area contributed by atoms with Crippen LogP contribution in [0.4, 0.5) is 20.3 Å². The lowest BCUT2D eigenvalue weighted by Crippen LogP contribution is -2.43. The second-order valence-corrected chi connectivity index (χ2v) is 14.3. The van der Waals surface area contributed by atoms with Crippen LogP contribution in [0.15, 0.2) is 53.7 Å². The van der Waals surface area contributed by atoms with E-state index in [1.54, 1.807) is 39.8 Å². The fraction of sp³-hybridized carbons (Fsp3) is 0.296. The third-order valence-electron chi connectivity index (χ3n) is 6.54. The Kier molecular flexibility index (Phi) is 7.92. The molecule has 14 heteroatoms. The molecule has 1 atom stereocenters. The van der Waals surface area contributed by atoms with Gasteiger partial charge in [0.1, 0.15) is 5.82 Å². The summed E-state index contributed by atoms with van der Waals surface area (Å²) in [5.41, 5.74) is -0.335. The second kappa shape index (κ2) is 10.8. The van der Waals surface area contributed by atoms with Gasteiger partial charge >= 0.3 is 0 Å². The van der Waals surface area contributed by atoms with Gasteiger partial charge in [-0.15, -0.1) is 0 Å². The van der Waals surface area contributed by atoms with Crippen LogP contribution in [-0.2, 0) is 20.0 Å². The fourth-order valence-corrected chi connectivity index (χ4v) is 6.60. The van der Waals surface area contributed by atoms with Crippen molar-refractivity contribution in [3.63, 3.8) is 0 Å². The van der Waals surface area contributed by atoms with Crippen LogP contribution in [0.5, 0.6) is 0 Å². The Morgan fingerprint density at radius 3 is 2.34 bits per heavy atom. The predicted molar refractivity (Wildman–Crippen MR) is 153 cm³/mol. The molecule has 4 rings (SSSR count). The highest BCUT2D eigenvalue weighted by atomic mass is 32.2. The zero-order valence-electron chi connectivity index (χ0n) is 22.9. The van der Waals surface area contributed by atoms with E-state index < -0.39 is 48.9 Å². The SMILES string of the molecule is [C-]#[N+]c1cc(F)c(N[C@H](CS(=O)(=O)NC)C(C)(C)C)nc1-c1cn(S(=O)(=O)c2ccc(C)cc2)c2ncc(F)cc12. The summed E-state index contributed by atoms with van der Waals surface area (Å²) in [5, 5.41) is 2.87. The molecule has 0 radical (unpaired) electrons. The summed E-state index contributed by atoms with van der Waals surface area (Å²) >= 11 is 0. The van der Waals surface area contributed by atoms with Crippen LogP contribution >= 0.6 is 0 Å². The molecule has 0 aliphatic rings. The molecule has 3 aromatic heterocycles. The van der Waals surface area contributed by atoms with Crippen molar-refractivity contribution in [1.82, 2.24) is 18.7 Å². The first-order valence-corrected chi connectivity index (χ1v) is 15.4. The van der Waals surface area contributed by atoms with Gasteiger partial charge in [-0.3, -0.25) is 0 Å². The molecule has 0 spiro atoms. The van der Waals surface area contributed by atoms with E-state index in [1.807, 2.05) is 0 Å². The van der Waals surface area contributed by atoms with Crippen molar-refractivity contribution in [2.75, 3.05) is 18.1 Å². The molecule has 10 nitrogen and oxygen atoms in total. The maximum atomic E-state index is 15.2. The minimum Gasteiger partial charge on any atom is -0.363 e. The molecule has 41 heavy (non-hydrogen) atoms. The quantitative estimate of drug-likeness (QED) is 0.276. The highest BCUT2D eigenvalue weighted by Gasteiger charge is 2.31. The Labute approximate surface area is 237 Å². The number of halogens is 2. The number of aryl methyl sites for hydroxylation is 1. The molecule has 0 amide bonds. The Balaban J connectivity index is 1.94. The first kappa shape index (κ1) is 30.0. The zero-order valence-corrected chi connectivity index (χ0v) is 24.5. The van der Waals surface area contributed by atoms with Gasteiger partial charge in [-0.2, -0.15) is 0 Å². The summed E-state index contributed by atoms with van der Waals surface area (Å²) in [7, 11) is -6.67. The van der Waals surface area contributed by atoms with Crippen LogP contribution in [-0.4, -0.2) is 49.6 Å². The van der Waals surface area contributed by atoms with Crippen molar-refractivity contribution in [3.8, 4) is 11.3 Å². The summed E-state index contributed by atoms with van der Waals surface area (Å²) in [6, 6.07) is 7.25. The average Bonchev–Trinajstić information content (AvgIpc) is 3.28. The lowest BCUT2D eigenvalue weighted by molar-refractivity contribution is 0.357. The Morgan fingerprint density at radius 1 is 1.10 bits per heavy atom.